The van der Waals surface area contributed by atoms with E-state index in [1.54, 1.807) is 36.4 Å². The Balaban J connectivity index is 1.78. The van der Waals surface area contributed by atoms with Gasteiger partial charge in [0.25, 0.3) is 5.91 Å². The number of carbonyl (C=O) groups is 2. The van der Waals surface area contributed by atoms with Crippen molar-refractivity contribution in [1.29, 1.82) is 0 Å². The molecule has 0 atom stereocenters. The van der Waals surface area contributed by atoms with E-state index >= 15 is 0 Å². The van der Waals surface area contributed by atoms with Crippen LogP contribution >= 0.6 is 23.2 Å². The molecule has 1 aliphatic carbocycles. The molecule has 2 aromatic carbocycles. The Morgan fingerprint density at radius 1 is 1.07 bits per heavy atom. The van der Waals surface area contributed by atoms with Gasteiger partial charge in [-0.05, 0) is 55.7 Å². The van der Waals surface area contributed by atoms with E-state index in [0.717, 1.165) is 32.1 Å². The van der Waals surface area contributed by atoms with Crippen LogP contribution in [0.4, 0.5) is 11.4 Å². The summed E-state index contributed by atoms with van der Waals surface area (Å²) < 4.78 is 5.81. The lowest BCUT2D eigenvalue weighted by atomic mass is 9.85. The first-order chi connectivity index (χ1) is 14.0. The van der Waals surface area contributed by atoms with Crippen LogP contribution in [0.2, 0.25) is 10.0 Å². The zero-order chi connectivity index (χ0) is 20.8. The molecule has 1 saturated carbocycles. The number of hydrogen-bond donors (Lipinski definition) is 2. The summed E-state index contributed by atoms with van der Waals surface area (Å²) in [6, 6.07) is 9.92. The van der Waals surface area contributed by atoms with Crippen molar-refractivity contribution in [2.24, 2.45) is 5.92 Å². The number of halogens is 2. The van der Waals surface area contributed by atoms with Gasteiger partial charge in [0.2, 0.25) is 5.91 Å². The lowest BCUT2D eigenvalue weighted by Gasteiger charge is -2.24. The van der Waals surface area contributed by atoms with Crippen LogP contribution in [-0.2, 0) is 4.79 Å². The number of hydrogen-bond acceptors (Lipinski definition) is 3. The summed E-state index contributed by atoms with van der Waals surface area (Å²) in [7, 11) is 0. The van der Waals surface area contributed by atoms with Crippen LogP contribution < -0.4 is 15.4 Å². The van der Waals surface area contributed by atoms with Gasteiger partial charge in [-0.25, -0.2) is 0 Å². The van der Waals surface area contributed by atoms with Crippen molar-refractivity contribution >= 4 is 46.4 Å². The topological polar surface area (TPSA) is 67.4 Å². The highest BCUT2D eigenvalue weighted by Crippen LogP contribution is 2.32. The molecular weight excluding hydrogens is 411 g/mol. The monoisotopic (exact) mass is 434 g/mol. The maximum Gasteiger partial charge on any atom is 0.255 e. The fourth-order valence-electron chi connectivity index (χ4n) is 2.90. The molecule has 0 radical (unpaired) electrons. The zero-order valence-electron chi connectivity index (χ0n) is 16.3. The van der Waals surface area contributed by atoms with Crippen LogP contribution in [-0.4, -0.2) is 18.4 Å². The molecule has 1 aliphatic rings. The Bertz CT molecular complexity index is 898. The molecule has 5 nitrogen and oxygen atoms in total. The average Bonchev–Trinajstić information content (AvgIpc) is 2.64. The molecule has 0 unspecified atom stereocenters. The first-order valence-corrected chi connectivity index (χ1v) is 10.6. The molecule has 0 saturated heterocycles. The molecule has 3 rings (SSSR count). The standard InChI is InChI=1S/C22H24Cl2N2O3/c1-2-3-11-29-20-10-7-15(12-19(20)26-21(27)14-5-4-6-14)22(28)25-16-8-9-17(23)18(24)13-16/h7-10,12-14H,2-6,11H2,1H3,(H,25,28)(H,26,27). The van der Waals surface area contributed by atoms with E-state index in [9.17, 15) is 9.59 Å². The van der Waals surface area contributed by atoms with E-state index in [2.05, 4.69) is 17.6 Å². The van der Waals surface area contributed by atoms with Gasteiger partial charge in [-0.15, -0.1) is 0 Å². The smallest absolute Gasteiger partial charge is 0.255 e. The molecular formula is C22H24Cl2N2O3. The molecule has 0 aromatic heterocycles. The number of nitrogens with one attached hydrogen (secondary N) is 2. The number of unbranched alkanes of at least 4 members (excludes halogenated alkanes) is 1. The van der Waals surface area contributed by atoms with Crippen LogP contribution in [0.25, 0.3) is 0 Å². The fourth-order valence-corrected chi connectivity index (χ4v) is 3.20. The Morgan fingerprint density at radius 3 is 2.52 bits per heavy atom. The second kappa shape index (κ2) is 9.99. The molecule has 1 fully saturated rings. The highest BCUT2D eigenvalue weighted by atomic mass is 35.5. The third kappa shape index (κ3) is 5.64. The Kier molecular flexibility index (Phi) is 7.40. The van der Waals surface area contributed by atoms with Gasteiger partial charge in [-0.3, -0.25) is 9.59 Å². The molecule has 0 aliphatic heterocycles. The van der Waals surface area contributed by atoms with Crippen LogP contribution in [0.3, 0.4) is 0 Å². The summed E-state index contributed by atoms with van der Waals surface area (Å²) >= 11 is 11.9. The summed E-state index contributed by atoms with van der Waals surface area (Å²) in [6.07, 6.45) is 4.79. The summed E-state index contributed by atoms with van der Waals surface area (Å²) in [5.41, 5.74) is 1.45. The van der Waals surface area contributed by atoms with Gasteiger partial charge < -0.3 is 15.4 Å². The van der Waals surface area contributed by atoms with Crippen molar-refractivity contribution in [1.82, 2.24) is 0 Å². The third-order valence-electron chi connectivity index (χ3n) is 4.91. The van der Waals surface area contributed by atoms with Gasteiger partial charge in [0.05, 0.1) is 22.3 Å². The lowest BCUT2D eigenvalue weighted by Crippen LogP contribution is -2.28. The fraction of sp³-hybridized carbons (Fsp3) is 0.364. The minimum atomic E-state index is -0.317. The number of ether oxygens (including phenoxy) is 1. The molecule has 2 N–H and O–H groups in total. The van der Waals surface area contributed by atoms with Crippen molar-refractivity contribution < 1.29 is 14.3 Å². The lowest BCUT2D eigenvalue weighted by molar-refractivity contribution is -0.122. The molecule has 0 spiro atoms. The van der Waals surface area contributed by atoms with E-state index in [0.29, 0.717) is 39.3 Å². The molecule has 2 amide bonds. The summed E-state index contributed by atoms with van der Waals surface area (Å²) in [5.74, 6) is 0.255. The predicted molar refractivity (Wildman–Crippen MR) is 117 cm³/mol. The number of amides is 2. The van der Waals surface area contributed by atoms with Crippen molar-refractivity contribution in [3.8, 4) is 5.75 Å². The van der Waals surface area contributed by atoms with E-state index in [1.807, 2.05) is 0 Å². The maximum atomic E-state index is 12.7. The van der Waals surface area contributed by atoms with Gasteiger partial charge >= 0.3 is 0 Å². The SMILES string of the molecule is CCCCOc1ccc(C(=O)Nc2ccc(Cl)c(Cl)c2)cc1NC(=O)C1CCC1. The van der Waals surface area contributed by atoms with Gasteiger partial charge in [0.1, 0.15) is 5.75 Å². The second-order valence-corrected chi connectivity index (χ2v) is 7.93. The van der Waals surface area contributed by atoms with Crippen molar-refractivity contribution in [2.75, 3.05) is 17.2 Å². The maximum absolute atomic E-state index is 12.7. The predicted octanol–water partition coefficient (Wildman–Crippen LogP) is 6.16. The van der Waals surface area contributed by atoms with E-state index in [4.69, 9.17) is 27.9 Å². The van der Waals surface area contributed by atoms with E-state index in [-0.39, 0.29) is 17.7 Å². The number of rotatable bonds is 8. The van der Waals surface area contributed by atoms with Gasteiger partial charge in [-0.1, -0.05) is 43.0 Å². The Labute approximate surface area is 180 Å². The van der Waals surface area contributed by atoms with Crippen molar-refractivity contribution in [2.45, 2.75) is 39.0 Å². The summed E-state index contributed by atoms with van der Waals surface area (Å²) in [4.78, 5) is 25.1. The Morgan fingerprint density at radius 2 is 1.86 bits per heavy atom. The molecule has 0 heterocycles. The number of anilines is 2. The molecule has 154 valence electrons. The minimum Gasteiger partial charge on any atom is -0.491 e. The Hall–Kier alpha value is -2.24. The molecule has 7 heteroatoms. The largest absolute Gasteiger partial charge is 0.491 e. The normalized spacial score (nSPS) is 13.5. The summed E-state index contributed by atoms with van der Waals surface area (Å²) in [6.45, 7) is 2.64. The van der Waals surface area contributed by atoms with Gasteiger partial charge in [0.15, 0.2) is 0 Å². The molecule has 2 aromatic rings. The van der Waals surface area contributed by atoms with Crippen molar-refractivity contribution in [3.05, 3.63) is 52.0 Å². The highest BCUT2D eigenvalue weighted by Gasteiger charge is 2.26. The van der Waals surface area contributed by atoms with E-state index < -0.39 is 0 Å². The average molecular weight is 435 g/mol. The van der Waals surface area contributed by atoms with E-state index in [1.165, 1.54) is 0 Å². The first kappa shape index (κ1) is 21.5. The van der Waals surface area contributed by atoms with Gasteiger partial charge in [-0.2, -0.15) is 0 Å². The molecule has 29 heavy (non-hydrogen) atoms. The minimum absolute atomic E-state index is 0.0290. The number of carbonyl (C=O) groups excluding carboxylic acids is 2. The van der Waals surface area contributed by atoms with Crippen LogP contribution in [0.1, 0.15) is 49.4 Å². The zero-order valence-corrected chi connectivity index (χ0v) is 17.8. The van der Waals surface area contributed by atoms with Crippen LogP contribution in [0.15, 0.2) is 36.4 Å². The summed E-state index contributed by atoms with van der Waals surface area (Å²) in [5, 5.41) is 6.50. The number of benzene rings is 2. The second-order valence-electron chi connectivity index (χ2n) is 7.11. The van der Waals surface area contributed by atoms with Gasteiger partial charge in [0, 0.05) is 17.2 Å². The quantitative estimate of drug-likeness (QED) is 0.488. The third-order valence-corrected chi connectivity index (χ3v) is 5.65. The highest BCUT2D eigenvalue weighted by molar-refractivity contribution is 6.42. The van der Waals surface area contributed by atoms with Crippen molar-refractivity contribution in [3.63, 3.8) is 0 Å². The first-order valence-electron chi connectivity index (χ1n) is 9.82. The van der Waals surface area contributed by atoms with Crippen LogP contribution in [0.5, 0.6) is 5.75 Å². The van der Waals surface area contributed by atoms with Crippen LogP contribution in [0, 0.1) is 5.92 Å². The molecule has 0 bridgehead atoms.